The van der Waals surface area contributed by atoms with Crippen LogP contribution < -0.4 is 15.2 Å². The number of rotatable bonds is 8. The number of nitrogens with two attached hydrogens (primary N) is 1. The monoisotopic (exact) mass is 563 g/mol. The number of sulfonamides is 1. The van der Waals surface area contributed by atoms with Crippen LogP contribution in [-0.2, 0) is 23.1 Å². The van der Waals surface area contributed by atoms with Crippen LogP contribution in [0.1, 0.15) is 21.5 Å². The Morgan fingerprint density at radius 1 is 1.05 bits per heavy atom. The number of methoxy groups -OCH3 is 1. The first-order valence-corrected chi connectivity index (χ1v) is 14.3. The van der Waals surface area contributed by atoms with Crippen LogP contribution in [0, 0.1) is 5.82 Å². The van der Waals surface area contributed by atoms with E-state index in [0.717, 1.165) is 5.56 Å². The molecule has 0 spiro atoms. The molecule has 3 N–H and O–H groups in total. The summed E-state index contributed by atoms with van der Waals surface area (Å²) in [5, 5.41) is 0.710. The van der Waals surface area contributed by atoms with Gasteiger partial charge < -0.3 is 15.4 Å². The molecule has 0 radical (unpaired) electrons. The number of carbonyl (C=O) groups excluding carboxylic acids is 1. The number of ether oxygens (including phenoxy) is 1. The number of anilines is 1. The lowest BCUT2D eigenvalue weighted by atomic mass is 10.1. The van der Waals surface area contributed by atoms with Crippen molar-refractivity contribution in [3.05, 3.63) is 95.4 Å². The van der Waals surface area contributed by atoms with Gasteiger partial charge in [-0.3, -0.25) is 19.4 Å². The van der Waals surface area contributed by atoms with Crippen molar-refractivity contribution in [1.82, 2.24) is 14.8 Å². The minimum atomic E-state index is -3.96. The minimum Gasteiger partial charge on any atom is -0.494 e. The highest BCUT2D eigenvalue weighted by molar-refractivity contribution is 7.93. The second kappa shape index (κ2) is 11.6. The van der Waals surface area contributed by atoms with Crippen LogP contribution in [0.4, 0.5) is 10.1 Å². The van der Waals surface area contributed by atoms with E-state index in [1.165, 1.54) is 19.2 Å². The molecule has 9 nitrogen and oxygen atoms in total. The lowest BCUT2D eigenvalue weighted by molar-refractivity contribution is 0.0628. The zero-order valence-electron chi connectivity index (χ0n) is 22.0. The Bertz CT molecular complexity index is 1650. The number of pyridine rings is 1. The molecule has 1 fully saturated rings. The number of amides is 1. The number of halogens is 1. The van der Waals surface area contributed by atoms with Gasteiger partial charge in [-0.15, -0.1) is 0 Å². The van der Waals surface area contributed by atoms with Crippen molar-refractivity contribution in [3.63, 3.8) is 0 Å². The number of carbonyl (C=O) groups is 1. The number of hydrogen-bond acceptors (Lipinski definition) is 7. The maximum absolute atomic E-state index is 14.0. The van der Waals surface area contributed by atoms with Crippen LogP contribution in [0.25, 0.3) is 10.9 Å². The standard InChI is InChI=1S/C29H30FN5O4S/c1-39-26-10-7-20(16-24(26)30)19-34-12-14-35(15-13-34)29(36)22-8-9-25(23(17-22)18-31)33-40(37,38)27-6-2-4-21-5-3-11-32-28(21)27/h2-11,16-17,33H,12-15,18-19,31H2,1H3. The van der Waals surface area contributed by atoms with Crippen molar-refractivity contribution in [2.75, 3.05) is 38.0 Å². The Morgan fingerprint density at radius 3 is 2.55 bits per heavy atom. The van der Waals surface area contributed by atoms with Gasteiger partial charge in [0.25, 0.3) is 15.9 Å². The summed E-state index contributed by atoms with van der Waals surface area (Å²) >= 11 is 0. The smallest absolute Gasteiger partial charge is 0.264 e. The first-order valence-electron chi connectivity index (χ1n) is 12.8. The van der Waals surface area contributed by atoms with Gasteiger partial charge in [-0.2, -0.15) is 0 Å². The molecule has 3 aromatic carbocycles. The first kappa shape index (κ1) is 27.5. The quantitative estimate of drug-likeness (QED) is 0.336. The van der Waals surface area contributed by atoms with E-state index in [-0.39, 0.29) is 23.1 Å². The molecule has 1 saturated heterocycles. The van der Waals surface area contributed by atoms with Gasteiger partial charge in [0.2, 0.25) is 0 Å². The molecule has 4 aromatic rings. The van der Waals surface area contributed by atoms with E-state index >= 15 is 0 Å². The molecular weight excluding hydrogens is 533 g/mol. The summed E-state index contributed by atoms with van der Waals surface area (Å²) in [7, 11) is -2.53. The molecule has 1 amide bonds. The summed E-state index contributed by atoms with van der Waals surface area (Å²) in [6.45, 7) is 2.91. The van der Waals surface area contributed by atoms with Crippen molar-refractivity contribution in [1.29, 1.82) is 0 Å². The average molecular weight is 564 g/mol. The van der Waals surface area contributed by atoms with E-state index in [1.807, 2.05) is 6.07 Å². The van der Waals surface area contributed by atoms with Crippen molar-refractivity contribution in [2.45, 2.75) is 18.0 Å². The van der Waals surface area contributed by atoms with Crippen LogP contribution >= 0.6 is 0 Å². The third-order valence-electron chi connectivity index (χ3n) is 6.98. The molecule has 2 heterocycles. The second-order valence-corrected chi connectivity index (χ2v) is 11.2. The predicted octanol–water partition coefficient (Wildman–Crippen LogP) is 3.60. The zero-order valence-corrected chi connectivity index (χ0v) is 22.8. The number of para-hydroxylation sites is 1. The Morgan fingerprint density at radius 2 is 1.82 bits per heavy atom. The lowest BCUT2D eigenvalue weighted by Gasteiger charge is -2.35. The molecule has 0 aliphatic carbocycles. The number of hydrogen-bond donors (Lipinski definition) is 2. The zero-order chi connectivity index (χ0) is 28.3. The van der Waals surface area contributed by atoms with E-state index < -0.39 is 15.8 Å². The van der Waals surface area contributed by atoms with E-state index in [4.69, 9.17) is 10.5 Å². The van der Waals surface area contributed by atoms with Gasteiger partial charge in [0.1, 0.15) is 4.90 Å². The summed E-state index contributed by atoms with van der Waals surface area (Å²) in [5.41, 5.74) is 8.40. The molecule has 208 valence electrons. The fraction of sp³-hybridized carbons (Fsp3) is 0.241. The van der Waals surface area contributed by atoms with Crippen LogP contribution in [0.3, 0.4) is 0 Å². The molecule has 0 atom stereocenters. The minimum absolute atomic E-state index is 0.0406. The van der Waals surface area contributed by atoms with Crippen LogP contribution in [0.5, 0.6) is 5.75 Å². The van der Waals surface area contributed by atoms with Gasteiger partial charge >= 0.3 is 0 Å². The summed E-state index contributed by atoms with van der Waals surface area (Å²) in [6.07, 6.45) is 1.55. The molecule has 0 unspecified atom stereocenters. The van der Waals surface area contributed by atoms with Gasteiger partial charge in [-0.1, -0.05) is 24.3 Å². The highest BCUT2D eigenvalue weighted by Crippen LogP contribution is 2.26. The Kier molecular flexibility index (Phi) is 7.97. The number of nitrogens with zero attached hydrogens (tertiary/aromatic N) is 3. The van der Waals surface area contributed by atoms with E-state index in [9.17, 15) is 17.6 Å². The third-order valence-corrected chi connectivity index (χ3v) is 8.38. The molecule has 1 aliphatic heterocycles. The SMILES string of the molecule is COc1ccc(CN2CCN(C(=O)c3ccc(NS(=O)(=O)c4cccc5cccnc45)c(CN)c3)CC2)cc1F. The molecule has 0 bridgehead atoms. The summed E-state index contributed by atoms with van der Waals surface area (Å²) in [4.78, 5) is 21.5. The van der Waals surface area contributed by atoms with Gasteiger partial charge in [0.05, 0.1) is 18.3 Å². The molecule has 40 heavy (non-hydrogen) atoms. The van der Waals surface area contributed by atoms with Crippen LogP contribution in [0.15, 0.2) is 77.8 Å². The van der Waals surface area contributed by atoms with Gasteiger partial charge in [0.15, 0.2) is 11.6 Å². The summed E-state index contributed by atoms with van der Waals surface area (Å²) in [6, 6.07) is 18.2. The Hall–Kier alpha value is -4.06. The van der Waals surface area contributed by atoms with E-state index in [0.29, 0.717) is 60.4 Å². The first-order chi connectivity index (χ1) is 19.3. The molecule has 1 aliphatic rings. The maximum Gasteiger partial charge on any atom is 0.264 e. The molecule has 11 heteroatoms. The van der Waals surface area contributed by atoms with Crippen molar-refractivity contribution < 1.29 is 22.3 Å². The number of aromatic nitrogens is 1. The number of piperazine rings is 1. The molecular formula is C29H30FN5O4S. The third kappa shape index (κ3) is 5.76. The summed E-state index contributed by atoms with van der Waals surface area (Å²) in [5.74, 6) is -0.345. The normalized spacial score (nSPS) is 14.3. The van der Waals surface area contributed by atoms with E-state index in [1.54, 1.807) is 59.6 Å². The van der Waals surface area contributed by atoms with Crippen molar-refractivity contribution in [2.24, 2.45) is 5.73 Å². The lowest BCUT2D eigenvalue weighted by Crippen LogP contribution is -2.48. The van der Waals surface area contributed by atoms with Crippen LogP contribution in [0.2, 0.25) is 0 Å². The average Bonchev–Trinajstić information content (AvgIpc) is 2.97. The maximum atomic E-state index is 14.0. The fourth-order valence-corrected chi connectivity index (χ4v) is 6.13. The molecule has 5 rings (SSSR count). The Balaban J connectivity index is 1.26. The fourth-order valence-electron chi connectivity index (χ4n) is 4.85. The predicted molar refractivity (Wildman–Crippen MR) is 151 cm³/mol. The van der Waals surface area contributed by atoms with Crippen LogP contribution in [-0.4, -0.2) is 62.4 Å². The van der Waals surface area contributed by atoms with E-state index in [2.05, 4.69) is 14.6 Å². The van der Waals surface area contributed by atoms with Gasteiger partial charge in [-0.05, 0) is 53.6 Å². The van der Waals surface area contributed by atoms with Crippen molar-refractivity contribution in [3.8, 4) is 5.75 Å². The van der Waals surface area contributed by atoms with Crippen molar-refractivity contribution >= 4 is 32.5 Å². The molecule has 1 aromatic heterocycles. The number of benzene rings is 3. The Labute approximate surface area is 232 Å². The van der Waals surface area contributed by atoms with Gasteiger partial charge in [0, 0.05) is 56.4 Å². The second-order valence-electron chi connectivity index (χ2n) is 9.55. The topological polar surface area (TPSA) is 118 Å². The highest BCUT2D eigenvalue weighted by Gasteiger charge is 2.24. The number of nitrogens with one attached hydrogen (secondary N) is 1. The highest BCUT2D eigenvalue weighted by atomic mass is 32.2. The number of fused-ring (bicyclic) bond motifs is 1. The van der Waals surface area contributed by atoms with Gasteiger partial charge in [-0.25, -0.2) is 12.8 Å². The summed E-state index contributed by atoms with van der Waals surface area (Å²) < 4.78 is 48.2. The largest absolute Gasteiger partial charge is 0.494 e. The molecule has 0 saturated carbocycles.